The van der Waals surface area contributed by atoms with Gasteiger partial charge in [-0.05, 0) is 79.7 Å². The van der Waals surface area contributed by atoms with Crippen molar-refractivity contribution in [1.29, 1.82) is 0 Å². The zero-order valence-corrected chi connectivity index (χ0v) is 19.3. The van der Waals surface area contributed by atoms with Crippen molar-refractivity contribution in [2.75, 3.05) is 19.6 Å². The van der Waals surface area contributed by atoms with Crippen LogP contribution in [0.1, 0.15) is 53.6 Å². The summed E-state index contributed by atoms with van der Waals surface area (Å²) in [7, 11) is 0. The normalized spacial score (nSPS) is 15.9. The molecule has 166 valence electrons. The number of carbonyl (C=O) groups excluding carboxylic acids is 1. The summed E-state index contributed by atoms with van der Waals surface area (Å²) in [5.74, 6) is 0.690. The van der Waals surface area contributed by atoms with Crippen molar-refractivity contribution in [3.05, 3.63) is 100 Å². The first-order valence-electron chi connectivity index (χ1n) is 11.3. The van der Waals surface area contributed by atoms with Crippen molar-refractivity contribution in [2.24, 2.45) is 0 Å². The molecule has 1 unspecified atom stereocenters. The minimum absolute atomic E-state index is 0.0598. The van der Waals surface area contributed by atoms with Crippen molar-refractivity contribution >= 4 is 17.5 Å². The van der Waals surface area contributed by atoms with Crippen molar-refractivity contribution in [3.8, 4) is 0 Å². The van der Waals surface area contributed by atoms with Crippen LogP contribution < -0.4 is 5.32 Å². The van der Waals surface area contributed by atoms with E-state index in [1.165, 1.54) is 5.56 Å². The molecule has 32 heavy (non-hydrogen) atoms. The average Bonchev–Trinajstić information content (AvgIpc) is 2.83. The Kier molecular flexibility index (Phi) is 7.56. The molecule has 1 aliphatic heterocycles. The molecule has 1 aromatic heterocycles. The number of nitrogens with zero attached hydrogens (tertiary/aromatic N) is 2. The maximum atomic E-state index is 12.9. The van der Waals surface area contributed by atoms with E-state index < -0.39 is 0 Å². The number of halogens is 1. The standard InChI is InChI=1S/C27H30ClN3O/c1-20-19-24(11-15-29-20)27(23-7-9-25(28)10-8-23)30-26(32)14-18-31-16-12-22(13-17-31)21-5-3-2-4-6-21/h2-11,15,19,22,27H,12-14,16-18H2,1H3,(H,30,32). The minimum atomic E-state index is -0.217. The number of aryl methyl sites for hydroxylation is 1. The lowest BCUT2D eigenvalue weighted by Crippen LogP contribution is -2.37. The largest absolute Gasteiger partial charge is 0.345 e. The fraction of sp³-hybridized carbons (Fsp3) is 0.333. The van der Waals surface area contributed by atoms with Crippen molar-refractivity contribution in [2.45, 2.75) is 38.1 Å². The highest BCUT2D eigenvalue weighted by Crippen LogP contribution is 2.28. The van der Waals surface area contributed by atoms with E-state index in [1.807, 2.05) is 43.3 Å². The lowest BCUT2D eigenvalue weighted by atomic mass is 9.89. The van der Waals surface area contributed by atoms with Crippen molar-refractivity contribution in [1.82, 2.24) is 15.2 Å². The van der Waals surface area contributed by atoms with Gasteiger partial charge in [0.1, 0.15) is 0 Å². The summed E-state index contributed by atoms with van der Waals surface area (Å²) >= 11 is 6.08. The molecule has 2 heterocycles. The van der Waals surface area contributed by atoms with Gasteiger partial charge in [0.25, 0.3) is 0 Å². The zero-order valence-electron chi connectivity index (χ0n) is 18.5. The molecule has 1 N–H and O–H groups in total. The van der Waals surface area contributed by atoms with E-state index in [9.17, 15) is 4.79 Å². The van der Waals surface area contributed by atoms with E-state index in [1.54, 1.807) is 6.20 Å². The number of aromatic nitrogens is 1. The van der Waals surface area contributed by atoms with Gasteiger partial charge in [-0.1, -0.05) is 54.1 Å². The molecule has 4 rings (SSSR count). The lowest BCUT2D eigenvalue weighted by Gasteiger charge is -2.32. The quantitative estimate of drug-likeness (QED) is 0.518. The van der Waals surface area contributed by atoms with Gasteiger partial charge < -0.3 is 10.2 Å². The molecule has 2 aromatic carbocycles. The number of amides is 1. The fourth-order valence-corrected chi connectivity index (χ4v) is 4.60. The Morgan fingerprint density at radius 1 is 1.06 bits per heavy atom. The third kappa shape index (κ3) is 5.96. The van der Waals surface area contributed by atoms with Crippen LogP contribution in [0.15, 0.2) is 72.9 Å². The summed E-state index contributed by atoms with van der Waals surface area (Å²) in [5, 5.41) is 3.92. The van der Waals surface area contributed by atoms with Gasteiger partial charge in [0, 0.05) is 29.9 Å². The van der Waals surface area contributed by atoms with E-state index >= 15 is 0 Å². The molecule has 1 amide bonds. The smallest absolute Gasteiger partial charge is 0.222 e. The molecule has 0 aliphatic carbocycles. The summed E-state index contributed by atoms with van der Waals surface area (Å²) < 4.78 is 0. The lowest BCUT2D eigenvalue weighted by molar-refractivity contribution is -0.122. The highest BCUT2D eigenvalue weighted by molar-refractivity contribution is 6.30. The van der Waals surface area contributed by atoms with E-state index in [0.717, 1.165) is 49.3 Å². The van der Waals surface area contributed by atoms with Gasteiger partial charge in [0.15, 0.2) is 0 Å². The van der Waals surface area contributed by atoms with E-state index in [2.05, 4.69) is 45.5 Å². The second-order valence-electron chi connectivity index (χ2n) is 8.56. The summed E-state index contributed by atoms with van der Waals surface area (Å²) in [4.78, 5) is 19.6. The number of hydrogen-bond donors (Lipinski definition) is 1. The molecular formula is C27H30ClN3O. The first-order valence-corrected chi connectivity index (χ1v) is 11.7. The molecular weight excluding hydrogens is 418 g/mol. The summed E-state index contributed by atoms with van der Waals surface area (Å²) in [5.41, 5.74) is 4.40. The van der Waals surface area contributed by atoms with Crippen LogP contribution in [0.3, 0.4) is 0 Å². The SMILES string of the molecule is Cc1cc(C(NC(=O)CCN2CCC(c3ccccc3)CC2)c2ccc(Cl)cc2)ccn1. The van der Waals surface area contributed by atoms with Gasteiger partial charge in [-0.2, -0.15) is 0 Å². The molecule has 5 heteroatoms. The maximum absolute atomic E-state index is 12.9. The van der Waals surface area contributed by atoms with E-state index in [0.29, 0.717) is 17.4 Å². The predicted molar refractivity (Wildman–Crippen MR) is 130 cm³/mol. The number of nitrogens with one attached hydrogen (secondary N) is 1. The molecule has 1 saturated heterocycles. The Bertz CT molecular complexity index is 1010. The first-order chi connectivity index (χ1) is 15.6. The molecule has 0 saturated carbocycles. The number of pyridine rings is 1. The zero-order chi connectivity index (χ0) is 22.3. The maximum Gasteiger partial charge on any atom is 0.222 e. The third-order valence-corrected chi connectivity index (χ3v) is 6.53. The number of rotatable bonds is 7. The number of benzene rings is 2. The van der Waals surface area contributed by atoms with Crippen LogP contribution in [0, 0.1) is 6.92 Å². The molecule has 1 aliphatic rings. The van der Waals surface area contributed by atoms with E-state index in [4.69, 9.17) is 11.6 Å². The topological polar surface area (TPSA) is 45.2 Å². The Labute approximate surface area is 195 Å². The van der Waals surface area contributed by atoms with Crippen LogP contribution in [0.4, 0.5) is 0 Å². The second-order valence-corrected chi connectivity index (χ2v) is 9.00. The van der Waals surface area contributed by atoms with Gasteiger partial charge in [-0.25, -0.2) is 0 Å². The van der Waals surface area contributed by atoms with Crippen LogP contribution in [-0.4, -0.2) is 35.4 Å². The van der Waals surface area contributed by atoms with Crippen LogP contribution in [-0.2, 0) is 4.79 Å². The molecule has 0 radical (unpaired) electrons. The molecule has 3 aromatic rings. The highest BCUT2D eigenvalue weighted by atomic mass is 35.5. The molecule has 0 spiro atoms. The number of carbonyl (C=O) groups is 1. The van der Waals surface area contributed by atoms with Gasteiger partial charge >= 0.3 is 0 Å². The Hall–Kier alpha value is -2.69. The number of hydrogen-bond acceptors (Lipinski definition) is 3. The highest BCUT2D eigenvalue weighted by Gasteiger charge is 2.22. The van der Waals surface area contributed by atoms with Crippen LogP contribution in [0.25, 0.3) is 0 Å². The van der Waals surface area contributed by atoms with E-state index in [-0.39, 0.29) is 11.9 Å². The summed E-state index contributed by atoms with van der Waals surface area (Å²) in [6, 6.07) is 22.2. The fourth-order valence-electron chi connectivity index (χ4n) is 4.47. The molecule has 1 fully saturated rings. The average molecular weight is 448 g/mol. The third-order valence-electron chi connectivity index (χ3n) is 6.28. The second kappa shape index (κ2) is 10.8. The monoisotopic (exact) mass is 447 g/mol. The molecule has 0 bridgehead atoms. The Balaban J connectivity index is 1.34. The van der Waals surface area contributed by atoms with Gasteiger partial charge in [-0.15, -0.1) is 0 Å². The first kappa shape index (κ1) is 22.5. The predicted octanol–water partition coefficient (Wildman–Crippen LogP) is 5.52. The van der Waals surface area contributed by atoms with Crippen molar-refractivity contribution < 1.29 is 4.79 Å². The van der Waals surface area contributed by atoms with Gasteiger partial charge in [0.05, 0.1) is 6.04 Å². The van der Waals surface area contributed by atoms with Crippen LogP contribution in [0.2, 0.25) is 5.02 Å². The Morgan fingerprint density at radius 3 is 2.47 bits per heavy atom. The van der Waals surface area contributed by atoms with Crippen molar-refractivity contribution in [3.63, 3.8) is 0 Å². The van der Waals surface area contributed by atoms with Crippen LogP contribution in [0.5, 0.6) is 0 Å². The summed E-state index contributed by atoms with van der Waals surface area (Å²) in [6.07, 6.45) is 4.57. The number of piperidine rings is 1. The van der Waals surface area contributed by atoms with Gasteiger partial charge in [0.2, 0.25) is 5.91 Å². The minimum Gasteiger partial charge on any atom is -0.345 e. The number of likely N-dealkylation sites (tertiary alicyclic amines) is 1. The Morgan fingerprint density at radius 2 is 1.78 bits per heavy atom. The summed E-state index contributed by atoms with van der Waals surface area (Å²) in [6.45, 7) is 4.83. The molecule has 4 nitrogen and oxygen atoms in total. The molecule has 1 atom stereocenters. The van der Waals surface area contributed by atoms with Gasteiger partial charge in [-0.3, -0.25) is 9.78 Å². The van der Waals surface area contributed by atoms with Crippen LogP contribution >= 0.6 is 11.6 Å².